The predicted octanol–water partition coefficient (Wildman–Crippen LogP) is 7.76. The molecule has 0 unspecified atom stereocenters. The second-order valence-corrected chi connectivity index (χ2v) is 7.60. The Hall–Kier alpha value is -1.28. The van der Waals surface area contributed by atoms with E-state index in [0.29, 0.717) is 13.0 Å². The number of nitrogens with one attached hydrogen (secondary N) is 1. The van der Waals surface area contributed by atoms with Crippen molar-refractivity contribution in [2.24, 2.45) is 0 Å². The van der Waals surface area contributed by atoms with E-state index >= 15 is 0 Å². The summed E-state index contributed by atoms with van der Waals surface area (Å²) in [6.07, 6.45) is 22.2. The third-order valence-corrected chi connectivity index (χ3v) is 5.00. The van der Waals surface area contributed by atoms with E-state index < -0.39 is 0 Å². The van der Waals surface area contributed by atoms with Gasteiger partial charge in [-0.2, -0.15) is 0 Å². The Balaban J connectivity index is 0.00000729. The van der Waals surface area contributed by atoms with Crippen LogP contribution in [0.1, 0.15) is 102 Å². The van der Waals surface area contributed by atoms with Gasteiger partial charge in [-0.1, -0.05) is 101 Å². The van der Waals surface area contributed by atoms with E-state index in [9.17, 15) is 4.79 Å². The fourth-order valence-corrected chi connectivity index (χ4v) is 3.24. The normalized spacial score (nSPS) is 10.8. The highest BCUT2D eigenvalue weighted by Gasteiger charge is 2.01. The maximum absolute atomic E-state index is 11.8. The number of allylic oxidation sites excluding steroid dienone is 2. The molecule has 0 heterocycles. The van der Waals surface area contributed by atoms with Crippen molar-refractivity contribution >= 4 is 18.3 Å². The largest absolute Gasteiger partial charge is 0.352 e. The van der Waals surface area contributed by atoms with Gasteiger partial charge >= 0.3 is 0 Å². The molecule has 1 amide bonds. The molecule has 3 heteroatoms. The molecule has 0 aliphatic carbocycles. The number of unbranched alkanes of at least 4 members (excludes halogenated alkanes) is 11. The predicted molar refractivity (Wildman–Crippen MR) is 125 cm³/mol. The summed E-state index contributed by atoms with van der Waals surface area (Å²) in [6, 6.07) is 10.1. The van der Waals surface area contributed by atoms with E-state index in [4.69, 9.17) is 0 Å². The number of hydrogen-bond acceptors (Lipinski definition) is 1. The molecule has 0 saturated heterocycles. The van der Waals surface area contributed by atoms with Gasteiger partial charge in [0, 0.05) is 13.0 Å². The maximum Gasteiger partial charge on any atom is 0.220 e. The van der Waals surface area contributed by atoms with Gasteiger partial charge in [-0.25, -0.2) is 0 Å². The van der Waals surface area contributed by atoms with Crippen molar-refractivity contribution < 1.29 is 4.79 Å². The Labute approximate surface area is 180 Å². The first-order valence-electron chi connectivity index (χ1n) is 11.3. The van der Waals surface area contributed by atoms with Gasteiger partial charge in [0.05, 0.1) is 0 Å². The molecular weight excluding hydrogens is 366 g/mol. The molecule has 28 heavy (non-hydrogen) atoms. The fraction of sp³-hybridized carbons (Fsp3) is 0.640. The Morgan fingerprint density at radius 3 is 1.93 bits per heavy atom. The Morgan fingerprint density at radius 2 is 1.32 bits per heavy atom. The Bertz CT molecular complexity index is 487. The van der Waals surface area contributed by atoms with Crippen LogP contribution in [0.2, 0.25) is 0 Å². The molecule has 0 bridgehead atoms. The molecule has 0 aromatic heterocycles. The summed E-state index contributed by atoms with van der Waals surface area (Å²) >= 11 is 0. The lowest BCUT2D eigenvalue weighted by atomic mass is 10.1. The third-order valence-electron chi connectivity index (χ3n) is 5.00. The Kier molecular flexibility index (Phi) is 19.5. The monoisotopic (exact) mass is 407 g/mol. The molecule has 0 atom stereocenters. The summed E-state index contributed by atoms with van der Waals surface area (Å²) in [4.78, 5) is 11.8. The van der Waals surface area contributed by atoms with Gasteiger partial charge in [0.1, 0.15) is 0 Å². The zero-order valence-corrected chi connectivity index (χ0v) is 18.8. The first-order chi connectivity index (χ1) is 13.3. The number of amides is 1. The van der Waals surface area contributed by atoms with Crippen molar-refractivity contribution in [2.45, 2.75) is 103 Å². The van der Waals surface area contributed by atoms with Crippen LogP contribution < -0.4 is 5.32 Å². The minimum absolute atomic E-state index is 0. The number of hydrogen-bond donors (Lipinski definition) is 1. The van der Waals surface area contributed by atoms with Crippen LogP contribution in [-0.4, -0.2) is 5.91 Å². The van der Waals surface area contributed by atoms with Gasteiger partial charge in [0.25, 0.3) is 0 Å². The zero-order valence-electron chi connectivity index (χ0n) is 18.0. The number of carbonyl (C=O) groups is 1. The molecule has 160 valence electrons. The third kappa shape index (κ3) is 16.9. The summed E-state index contributed by atoms with van der Waals surface area (Å²) in [5, 5.41) is 3.00. The molecule has 0 spiro atoms. The second-order valence-electron chi connectivity index (χ2n) is 7.60. The van der Waals surface area contributed by atoms with Crippen LogP contribution in [0.3, 0.4) is 0 Å². The summed E-state index contributed by atoms with van der Waals surface area (Å²) in [7, 11) is 0. The van der Waals surface area contributed by atoms with Crippen molar-refractivity contribution in [2.75, 3.05) is 0 Å². The summed E-state index contributed by atoms with van der Waals surface area (Å²) in [5.74, 6) is 0.177. The van der Waals surface area contributed by atoms with Gasteiger partial charge in [0.2, 0.25) is 5.91 Å². The average molecular weight is 408 g/mol. The Morgan fingerprint density at radius 1 is 0.786 bits per heavy atom. The topological polar surface area (TPSA) is 29.1 Å². The fourth-order valence-electron chi connectivity index (χ4n) is 3.24. The molecule has 1 aromatic carbocycles. The molecule has 0 fully saturated rings. The lowest BCUT2D eigenvalue weighted by Gasteiger charge is -2.05. The summed E-state index contributed by atoms with van der Waals surface area (Å²) < 4.78 is 0. The van der Waals surface area contributed by atoms with E-state index in [1.165, 1.54) is 77.0 Å². The van der Waals surface area contributed by atoms with Gasteiger partial charge in [-0.05, 0) is 37.7 Å². The minimum Gasteiger partial charge on any atom is -0.352 e. The molecule has 1 aromatic rings. The average Bonchev–Trinajstić information content (AvgIpc) is 2.70. The molecule has 1 rings (SSSR count). The highest BCUT2D eigenvalue weighted by molar-refractivity contribution is 5.85. The van der Waals surface area contributed by atoms with Gasteiger partial charge in [-0.15, -0.1) is 12.4 Å². The van der Waals surface area contributed by atoms with Crippen molar-refractivity contribution in [3.8, 4) is 0 Å². The van der Waals surface area contributed by atoms with E-state index in [-0.39, 0.29) is 18.3 Å². The quantitative estimate of drug-likeness (QED) is 0.207. The lowest BCUT2D eigenvalue weighted by molar-refractivity contribution is -0.121. The molecule has 0 aliphatic rings. The van der Waals surface area contributed by atoms with E-state index in [0.717, 1.165) is 12.0 Å². The van der Waals surface area contributed by atoms with Crippen molar-refractivity contribution in [1.29, 1.82) is 0 Å². The number of carbonyl (C=O) groups excluding carboxylic acids is 1. The molecule has 1 N–H and O–H groups in total. The maximum atomic E-state index is 11.8. The first kappa shape index (κ1) is 26.7. The van der Waals surface area contributed by atoms with Crippen molar-refractivity contribution in [3.05, 3.63) is 48.0 Å². The molecule has 0 aliphatic heterocycles. The van der Waals surface area contributed by atoms with E-state index in [1.807, 2.05) is 30.3 Å². The summed E-state index contributed by atoms with van der Waals surface area (Å²) in [6.45, 7) is 2.91. The second kappa shape index (κ2) is 20.5. The van der Waals surface area contributed by atoms with E-state index in [1.54, 1.807) is 0 Å². The highest BCUT2D eigenvalue weighted by Crippen LogP contribution is 2.10. The van der Waals surface area contributed by atoms with E-state index in [2.05, 4.69) is 24.4 Å². The highest BCUT2D eigenvalue weighted by atomic mass is 35.5. The van der Waals surface area contributed by atoms with Crippen LogP contribution >= 0.6 is 12.4 Å². The van der Waals surface area contributed by atoms with Gasteiger partial charge in [0.15, 0.2) is 0 Å². The SMILES string of the molecule is CCCCCCCC/C=C\CCCCCCCC(=O)NCc1ccccc1.Cl. The van der Waals surface area contributed by atoms with Crippen molar-refractivity contribution in [3.63, 3.8) is 0 Å². The number of halogens is 1. The number of rotatable bonds is 17. The van der Waals surface area contributed by atoms with Crippen LogP contribution in [-0.2, 0) is 11.3 Å². The zero-order chi connectivity index (χ0) is 19.4. The minimum atomic E-state index is 0. The standard InChI is InChI=1S/C25H41NO.ClH/c1-2-3-4-5-6-7-8-9-10-11-12-13-14-15-19-22-25(27)26-23-24-20-17-16-18-21-24;/h9-10,16-18,20-21H,2-8,11-15,19,22-23H2,1H3,(H,26,27);1H/b10-9-;. The summed E-state index contributed by atoms with van der Waals surface area (Å²) in [5.41, 5.74) is 1.16. The van der Waals surface area contributed by atoms with Crippen LogP contribution in [0.15, 0.2) is 42.5 Å². The van der Waals surface area contributed by atoms with Gasteiger partial charge in [-0.3, -0.25) is 4.79 Å². The molecule has 0 saturated carbocycles. The lowest BCUT2D eigenvalue weighted by Crippen LogP contribution is -2.22. The first-order valence-corrected chi connectivity index (χ1v) is 11.3. The van der Waals surface area contributed by atoms with Crippen molar-refractivity contribution in [1.82, 2.24) is 5.32 Å². The smallest absolute Gasteiger partial charge is 0.220 e. The van der Waals surface area contributed by atoms with Crippen LogP contribution in [0.4, 0.5) is 0 Å². The van der Waals surface area contributed by atoms with Crippen LogP contribution in [0, 0.1) is 0 Å². The number of benzene rings is 1. The van der Waals surface area contributed by atoms with Gasteiger partial charge < -0.3 is 5.32 Å². The van der Waals surface area contributed by atoms with Crippen LogP contribution in [0.25, 0.3) is 0 Å². The molecule has 2 nitrogen and oxygen atoms in total. The van der Waals surface area contributed by atoms with Crippen LogP contribution in [0.5, 0.6) is 0 Å². The molecule has 0 radical (unpaired) electrons. The molecular formula is C25H42ClNO.